The van der Waals surface area contributed by atoms with Crippen LogP contribution in [0.3, 0.4) is 0 Å². The fourth-order valence-corrected chi connectivity index (χ4v) is 3.82. The van der Waals surface area contributed by atoms with E-state index in [-0.39, 0.29) is 11.9 Å². The first-order chi connectivity index (χ1) is 14.3. The van der Waals surface area contributed by atoms with Crippen LogP contribution in [0.5, 0.6) is 0 Å². The van der Waals surface area contributed by atoms with Crippen LogP contribution >= 0.6 is 0 Å². The Morgan fingerprint density at radius 2 is 1.45 bits per heavy atom. The molecule has 1 aliphatic rings. The van der Waals surface area contributed by atoms with E-state index in [9.17, 15) is 4.79 Å². The topological polar surface area (TPSA) is 28.5 Å². The van der Waals surface area contributed by atoms with E-state index in [2.05, 4.69) is 41.3 Å². The third kappa shape index (κ3) is 4.84. The lowest BCUT2D eigenvalue weighted by Crippen LogP contribution is -2.50. The van der Waals surface area contributed by atoms with Crippen LogP contribution in [0.15, 0.2) is 91.3 Å². The molecule has 0 aliphatic carbocycles. The number of hydrogen-bond acceptors (Lipinski definition) is 2. The second kappa shape index (κ2) is 9.39. The van der Waals surface area contributed by atoms with Gasteiger partial charge < -0.3 is 9.47 Å². The molecule has 148 valence electrons. The number of piperazine rings is 1. The minimum Gasteiger partial charge on any atom is -0.338 e. The molecule has 29 heavy (non-hydrogen) atoms. The van der Waals surface area contributed by atoms with E-state index >= 15 is 0 Å². The zero-order valence-electron chi connectivity index (χ0n) is 16.6. The third-order valence-electron chi connectivity index (χ3n) is 5.43. The highest BCUT2D eigenvalue weighted by molar-refractivity contribution is 5.84. The minimum absolute atomic E-state index is 0.173. The van der Waals surface area contributed by atoms with Crippen LogP contribution in [0.25, 0.3) is 6.08 Å². The summed E-state index contributed by atoms with van der Waals surface area (Å²) >= 11 is 0. The van der Waals surface area contributed by atoms with Crippen molar-refractivity contribution < 1.29 is 4.79 Å². The van der Waals surface area contributed by atoms with Crippen LogP contribution in [-0.4, -0.2) is 53.0 Å². The van der Waals surface area contributed by atoms with Crippen LogP contribution < -0.4 is 0 Å². The summed E-state index contributed by atoms with van der Waals surface area (Å²) in [6.07, 6.45) is 8.31. The minimum atomic E-state index is -0.296. The second-order valence-corrected chi connectivity index (χ2v) is 7.38. The molecule has 0 saturated carbocycles. The molecule has 1 atom stereocenters. The predicted octanol–water partition coefficient (Wildman–Crippen LogP) is 3.94. The number of aromatic nitrogens is 1. The fraction of sp³-hybridized carbons (Fsp3) is 0.240. The SMILES string of the molecule is O=C(C(c1ccccc1)n1cccc1)N1CCN(C/C=C/c2ccccc2)CC1. The van der Waals surface area contributed by atoms with Crippen molar-refractivity contribution in [2.75, 3.05) is 32.7 Å². The van der Waals surface area contributed by atoms with Gasteiger partial charge in [0, 0.05) is 45.1 Å². The Labute approximate surface area is 172 Å². The lowest BCUT2D eigenvalue weighted by molar-refractivity contribution is -0.135. The van der Waals surface area contributed by atoms with Gasteiger partial charge in [-0.15, -0.1) is 0 Å². The quantitative estimate of drug-likeness (QED) is 0.643. The second-order valence-electron chi connectivity index (χ2n) is 7.38. The van der Waals surface area contributed by atoms with Crippen molar-refractivity contribution >= 4 is 12.0 Å². The first-order valence-electron chi connectivity index (χ1n) is 10.2. The summed E-state index contributed by atoms with van der Waals surface area (Å²) in [6.45, 7) is 4.25. The van der Waals surface area contributed by atoms with E-state index in [1.54, 1.807) is 0 Å². The predicted molar refractivity (Wildman–Crippen MR) is 118 cm³/mol. The highest BCUT2D eigenvalue weighted by atomic mass is 16.2. The lowest BCUT2D eigenvalue weighted by atomic mass is 10.0. The van der Waals surface area contributed by atoms with Gasteiger partial charge in [0.2, 0.25) is 5.91 Å². The highest BCUT2D eigenvalue weighted by Gasteiger charge is 2.29. The lowest BCUT2D eigenvalue weighted by Gasteiger charge is -2.36. The van der Waals surface area contributed by atoms with E-state index in [1.807, 2.05) is 70.4 Å². The van der Waals surface area contributed by atoms with E-state index in [1.165, 1.54) is 5.56 Å². The van der Waals surface area contributed by atoms with Gasteiger partial charge in [-0.25, -0.2) is 0 Å². The van der Waals surface area contributed by atoms with Gasteiger partial charge in [0.1, 0.15) is 6.04 Å². The van der Waals surface area contributed by atoms with Crippen molar-refractivity contribution in [3.63, 3.8) is 0 Å². The molecule has 1 unspecified atom stereocenters. The standard InChI is InChI=1S/C25H27N3O/c29-25(24(27-16-7-8-17-27)23-13-5-2-6-14-23)28-20-18-26(19-21-28)15-9-12-22-10-3-1-4-11-22/h1-14,16-17,24H,15,18-21H2/b12-9+. The molecule has 4 heteroatoms. The van der Waals surface area contributed by atoms with E-state index in [0.29, 0.717) is 0 Å². The zero-order chi connectivity index (χ0) is 19.9. The van der Waals surface area contributed by atoms with Crippen molar-refractivity contribution in [3.05, 3.63) is 102 Å². The summed E-state index contributed by atoms with van der Waals surface area (Å²) < 4.78 is 2.01. The third-order valence-corrected chi connectivity index (χ3v) is 5.43. The van der Waals surface area contributed by atoms with Crippen LogP contribution in [0, 0.1) is 0 Å². The molecule has 2 heterocycles. The van der Waals surface area contributed by atoms with Gasteiger partial charge in [-0.2, -0.15) is 0 Å². The Bertz CT molecular complexity index is 911. The van der Waals surface area contributed by atoms with Gasteiger partial charge in [0.25, 0.3) is 0 Å². The van der Waals surface area contributed by atoms with E-state index < -0.39 is 0 Å². The molecule has 0 bridgehead atoms. The van der Waals surface area contributed by atoms with Gasteiger partial charge in [0.05, 0.1) is 0 Å². The van der Waals surface area contributed by atoms with Crippen molar-refractivity contribution in [2.45, 2.75) is 6.04 Å². The molecule has 0 spiro atoms. The molecule has 1 saturated heterocycles. The van der Waals surface area contributed by atoms with Crippen molar-refractivity contribution in [3.8, 4) is 0 Å². The Morgan fingerprint density at radius 1 is 0.828 bits per heavy atom. The maximum Gasteiger partial charge on any atom is 0.250 e. The van der Waals surface area contributed by atoms with Crippen LogP contribution in [0.2, 0.25) is 0 Å². The zero-order valence-corrected chi connectivity index (χ0v) is 16.6. The Morgan fingerprint density at radius 3 is 2.10 bits per heavy atom. The fourth-order valence-electron chi connectivity index (χ4n) is 3.82. The van der Waals surface area contributed by atoms with Crippen LogP contribution in [-0.2, 0) is 4.79 Å². The van der Waals surface area contributed by atoms with Gasteiger partial charge >= 0.3 is 0 Å². The van der Waals surface area contributed by atoms with Crippen molar-refractivity contribution in [2.24, 2.45) is 0 Å². The Hall–Kier alpha value is -3.11. The van der Waals surface area contributed by atoms with Crippen molar-refractivity contribution in [1.29, 1.82) is 0 Å². The number of hydrogen-bond donors (Lipinski definition) is 0. The Balaban J connectivity index is 1.37. The molecule has 4 rings (SSSR count). The van der Waals surface area contributed by atoms with Crippen LogP contribution in [0.4, 0.5) is 0 Å². The monoisotopic (exact) mass is 385 g/mol. The van der Waals surface area contributed by atoms with E-state index in [0.717, 1.165) is 38.3 Å². The molecule has 1 fully saturated rings. The van der Waals surface area contributed by atoms with Gasteiger partial charge in [0.15, 0.2) is 0 Å². The number of benzene rings is 2. The summed E-state index contributed by atoms with van der Waals surface area (Å²) in [5.74, 6) is 0.173. The number of carbonyl (C=O) groups excluding carboxylic acids is 1. The first-order valence-corrected chi connectivity index (χ1v) is 10.2. The van der Waals surface area contributed by atoms with Gasteiger partial charge in [-0.1, -0.05) is 72.8 Å². The summed E-state index contributed by atoms with van der Waals surface area (Å²) in [5.41, 5.74) is 2.25. The molecule has 3 aromatic rings. The largest absolute Gasteiger partial charge is 0.338 e. The maximum absolute atomic E-state index is 13.4. The summed E-state index contributed by atoms with van der Waals surface area (Å²) in [6, 6.07) is 24.1. The van der Waals surface area contributed by atoms with Gasteiger partial charge in [-0.05, 0) is 23.3 Å². The maximum atomic E-state index is 13.4. The molecule has 0 N–H and O–H groups in total. The highest BCUT2D eigenvalue weighted by Crippen LogP contribution is 2.22. The smallest absolute Gasteiger partial charge is 0.250 e. The summed E-state index contributed by atoms with van der Waals surface area (Å²) in [7, 11) is 0. The average Bonchev–Trinajstić information content (AvgIpc) is 3.30. The Kier molecular flexibility index (Phi) is 6.22. The van der Waals surface area contributed by atoms with Gasteiger partial charge in [-0.3, -0.25) is 9.69 Å². The molecule has 1 amide bonds. The molecule has 1 aromatic heterocycles. The summed E-state index contributed by atoms with van der Waals surface area (Å²) in [5, 5.41) is 0. The molecule has 2 aromatic carbocycles. The number of nitrogens with zero attached hydrogens (tertiary/aromatic N) is 3. The molecule has 1 aliphatic heterocycles. The van der Waals surface area contributed by atoms with Crippen LogP contribution in [0.1, 0.15) is 17.2 Å². The molecule has 0 radical (unpaired) electrons. The number of amides is 1. The van der Waals surface area contributed by atoms with E-state index in [4.69, 9.17) is 0 Å². The molecular formula is C25H27N3O. The number of carbonyl (C=O) groups is 1. The molecular weight excluding hydrogens is 358 g/mol. The van der Waals surface area contributed by atoms with Crippen molar-refractivity contribution in [1.82, 2.24) is 14.4 Å². The first kappa shape index (κ1) is 19.2. The number of rotatable bonds is 6. The summed E-state index contributed by atoms with van der Waals surface area (Å²) in [4.78, 5) is 17.8. The molecule has 4 nitrogen and oxygen atoms in total. The normalized spacial score (nSPS) is 16.2. The average molecular weight is 386 g/mol.